The van der Waals surface area contributed by atoms with Crippen LogP contribution in [-0.4, -0.2) is 19.9 Å². The van der Waals surface area contributed by atoms with E-state index in [0.717, 1.165) is 200 Å². The predicted molar refractivity (Wildman–Crippen MR) is 458 cm³/mol. The van der Waals surface area contributed by atoms with Crippen LogP contribution in [0.2, 0.25) is 0 Å². The molecule has 8 heteroatoms. The average molecular weight is 1430 g/mol. The van der Waals surface area contributed by atoms with Crippen LogP contribution in [0.4, 0.5) is 0 Å². The van der Waals surface area contributed by atoms with E-state index in [1.165, 1.54) is 11.1 Å². The summed E-state index contributed by atoms with van der Waals surface area (Å²) in [6, 6.07) is 135. The van der Waals surface area contributed by atoms with Gasteiger partial charge in [-0.2, -0.15) is 0 Å². The lowest BCUT2D eigenvalue weighted by molar-refractivity contribution is 0.668. The Kier molecular flexibility index (Phi) is 16.1. The Balaban J connectivity index is 0.000000141. The van der Waals surface area contributed by atoms with Crippen LogP contribution in [0.3, 0.4) is 0 Å². The van der Waals surface area contributed by atoms with Crippen molar-refractivity contribution in [1.82, 2.24) is 19.9 Å². The molecule has 0 unspecified atom stereocenters. The highest BCUT2D eigenvalue weighted by Gasteiger charge is 2.23. The van der Waals surface area contributed by atoms with Crippen LogP contribution in [0.5, 0.6) is 0 Å². The van der Waals surface area contributed by atoms with Crippen molar-refractivity contribution in [2.24, 2.45) is 0 Å². The zero-order valence-electron chi connectivity index (χ0n) is 60.4. The highest BCUT2D eigenvalue weighted by molar-refractivity contribution is 6.13. The summed E-state index contributed by atoms with van der Waals surface area (Å²) < 4.78 is 25.6. The van der Waals surface area contributed by atoms with Crippen molar-refractivity contribution < 1.29 is 17.7 Å². The summed E-state index contributed by atoms with van der Waals surface area (Å²) in [7, 11) is 0. The van der Waals surface area contributed by atoms with Crippen LogP contribution >= 0.6 is 0 Å². The van der Waals surface area contributed by atoms with Gasteiger partial charge >= 0.3 is 0 Å². The number of hydrogen-bond acceptors (Lipinski definition) is 8. The van der Waals surface area contributed by atoms with Gasteiger partial charge in [0.15, 0.2) is 11.6 Å². The summed E-state index contributed by atoms with van der Waals surface area (Å²) in [5.41, 5.74) is 29.2. The van der Waals surface area contributed by atoms with Gasteiger partial charge in [0, 0.05) is 87.6 Å². The molecule has 0 aliphatic heterocycles. The Morgan fingerprint density at radius 1 is 0.143 bits per heavy atom. The van der Waals surface area contributed by atoms with Crippen molar-refractivity contribution in [3.63, 3.8) is 0 Å². The maximum absolute atomic E-state index is 6.62. The Bertz CT molecular complexity index is 7350. The second-order valence-electron chi connectivity index (χ2n) is 28.2. The third-order valence-corrected chi connectivity index (χ3v) is 21.5. The molecule has 16 aromatic carbocycles. The van der Waals surface area contributed by atoms with Gasteiger partial charge in [0.05, 0.1) is 22.8 Å². The van der Waals surface area contributed by atoms with Crippen molar-refractivity contribution in [3.8, 4) is 135 Å². The first-order valence-electron chi connectivity index (χ1n) is 37.6. The van der Waals surface area contributed by atoms with Gasteiger partial charge in [-0.25, -0.2) is 19.9 Å². The van der Waals surface area contributed by atoms with Gasteiger partial charge in [-0.15, -0.1) is 0 Å². The zero-order chi connectivity index (χ0) is 74.0. The molecule has 0 atom stereocenters. The molecule has 112 heavy (non-hydrogen) atoms. The number of para-hydroxylation sites is 6. The summed E-state index contributed by atoms with van der Waals surface area (Å²) >= 11 is 0. The van der Waals surface area contributed by atoms with Crippen molar-refractivity contribution in [3.05, 3.63) is 388 Å². The molecule has 6 aromatic heterocycles. The van der Waals surface area contributed by atoms with Crippen LogP contribution in [0.1, 0.15) is 0 Å². The molecule has 0 bridgehead atoms. The van der Waals surface area contributed by atoms with Gasteiger partial charge in [-0.05, 0) is 128 Å². The highest BCUT2D eigenvalue weighted by atomic mass is 16.3. The molecular weight excluding hydrogens is 1370 g/mol. The van der Waals surface area contributed by atoms with Crippen LogP contribution in [0, 0.1) is 0 Å². The molecule has 0 fully saturated rings. The standard InChI is InChI=1S/2C52H32N2O2/c1-3-13-33(14-4-1)34-25-27-35(28-26-34)46-32-47(54-52(53-46)36-15-5-2-6-16-36)45-31-37(38-19-11-21-43-40-17-7-9-23-48(40)55-50(38)43)29-30-39(45)42-20-12-22-44-41-18-8-10-24-49(41)56-51(42)44;1-3-11-33(12-4-1)34-19-21-35(22-20-34)46-32-47(54-52(53-46)36-13-5-2-6-14-36)43-29-37(38-24-27-50-44(30-38)41-15-7-9-17-48(41)55-50)23-26-40(43)39-25-28-51-45(31-39)42-16-8-10-18-49(42)56-51/h2*1-32H. The smallest absolute Gasteiger partial charge is 0.160 e. The van der Waals surface area contributed by atoms with Crippen LogP contribution in [0.15, 0.2) is 406 Å². The Hall–Kier alpha value is -15.1. The number of benzene rings is 16. The van der Waals surface area contributed by atoms with E-state index in [1.807, 2.05) is 97.1 Å². The summed E-state index contributed by atoms with van der Waals surface area (Å²) in [5, 5.41) is 8.73. The van der Waals surface area contributed by atoms with E-state index < -0.39 is 0 Å². The number of rotatable bonds is 12. The van der Waals surface area contributed by atoms with Crippen molar-refractivity contribution >= 4 is 87.8 Å². The van der Waals surface area contributed by atoms with Gasteiger partial charge in [0.1, 0.15) is 44.7 Å². The van der Waals surface area contributed by atoms with Crippen molar-refractivity contribution in [1.29, 1.82) is 0 Å². The summed E-state index contributed by atoms with van der Waals surface area (Å²) in [6.45, 7) is 0. The highest BCUT2D eigenvalue weighted by Crippen LogP contribution is 2.46. The third-order valence-electron chi connectivity index (χ3n) is 21.5. The molecule has 22 aromatic rings. The molecular formula is C104H64N4O4. The van der Waals surface area contributed by atoms with E-state index in [0.29, 0.717) is 11.6 Å². The fourth-order valence-corrected chi connectivity index (χ4v) is 15.9. The molecule has 0 radical (unpaired) electrons. The third kappa shape index (κ3) is 11.9. The van der Waals surface area contributed by atoms with E-state index in [-0.39, 0.29) is 0 Å². The van der Waals surface area contributed by atoms with E-state index in [9.17, 15) is 0 Å². The van der Waals surface area contributed by atoms with E-state index in [4.69, 9.17) is 37.6 Å². The molecule has 0 saturated carbocycles. The maximum Gasteiger partial charge on any atom is 0.160 e. The monoisotopic (exact) mass is 1430 g/mol. The van der Waals surface area contributed by atoms with Gasteiger partial charge < -0.3 is 17.7 Å². The quantitative estimate of drug-likeness (QED) is 0.119. The Morgan fingerprint density at radius 2 is 0.446 bits per heavy atom. The van der Waals surface area contributed by atoms with Gasteiger partial charge in [0.25, 0.3) is 0 Å². The summed E-state index contributed by atoms with van der Waals surface area (Å²) in [4.78, 5) is 21.0. The largest absolute Gasteiger partial charge is 0.456 e. The fraction of sp³-hybridized carbons (Fsp3) is 0. The van der Waals surface area contributed by atoms with Crippen LogP contribution in [-0.2, 0) is 0 Å². The fourth-order valence-electron chi connectivity index (χ4n) is 15.9. The van der Waals surface area contributed by atoms with Gasteiger partial charge in [-0.3, -0.25) is 0 Å². The van der Waals surface area contributed by atoms with E-state index in [2.05, 4.69) is 291 Å². The first-order chi connectivity index (χ1) is 55.5. The number of aromatic nitrogens is 4. The minimum atomic E-state index is 0.655. The lowest BCUT2D eigenvalue weighted by Gasteiger charge is -2.15. The topological polar surface area (TPSA) is 104 Å². The lowest BCUT2D eigenvalue weighted by Crippen LogP contribution is -1.97. The first-order valence-corrected chi connectivity index (χ1v) is 37.6. The number of hydrogen-bond donors (Lipinski definition) is 0. The lowest BCUT2D eigenvalue weighted by atomic mass is 9.91. The maximum atomic E-state index is 6.62. The zero-order valence-corrected chi connectivity index (χ0v) is 60.4. The first kappa shape index (κ1) is 65.2. The molecule has 0 saturated heterocycles. The molecule has 22 rings (SSSR count). The number of furan rings is 4. The molecule has 0 aliphatic carbocycles. The summed E-state index contributed by atoms with van der Waals surface area (Å²) in [5.74, 6) is 1.33. The molecule has 0 N–H and O–H groups in total. The van der Waals surface area contributed by atoms with Crippen LogP contribution < -0.4 is 0 Å². The molecule has 6 heterocycles. The minimum Gasteiger partial charge on any atom is -0.456 e. The Morgan fingerprint density at radius 3 is 0.946 bits per heavy atom. The molecule has 8 nitrogen and oxygen atoms in total. The minimum absolute atomic E-state index is 0.655. The summed E-state index contributed by atoms with van der Waals surface area (Å²) in [6.07, 6.45) is 0. The second-order valence-corrected chi connectivity index (χ2v) is 28.2. The average Bonchev–Trinajstić information content (AvgIpc) is 1.11. The van der Waals surface area contributed by atoms with E-state index >= 15 is 0 Å². The molecule has 0 amide bonds. The predicted octanol–water partition coefficient (Wildman–Crippen LogP) is 28.6. The van der Waals surface area contributed by atoms with Gasteiger partial charge in [0.2, 0.25) is 0 Å². The number of fused-ring (bicyclic) bond motifs is 12. The van der Waals surface area contributed by atoms with Gasteiger partial charge in [-0.1, -0.05) is 315 Å². The van der Waals surface area contributed by atoms with E-state index in [1.54, 1.807) is 0 Å². The van der Waals surface area contributed by atoms with Crippen molar-refractivity contribution in [2.45, 2.75) is 0 Å². The molecule has 0 aliphatic rings. The van der Waals surface area contributed by atoms with Crippen molar-refractivity contribution in [2.75, 3.05) is 0 Å². The Labute approximate surface area is 644 Å². The number of nitrogens with zero attached hydrogens (tertiary/aromatic N) is 4. The second kappa shape index (κ2) is 27.6. The molecule has 0 spiro atoms. The normalized spacial score (nSPS) is 11.6. The molecule has 524 valence electrons. The SMILES string of the molecule is c1ccc(-c2ccc(-c3cc(-c4cc(-c5ccc6oc7ccccc7c6c5)ccc4-c4ccc5oc6ccccc6c5c4)nc(-c4ccccc4)n3)cc2)cc1.c1ccc(-c2ccc(-c3cc(-c4cc(-c5cccc6c5oc5ccccc56)ccc4-c4cccc5c4oc4ccccc45)nc(-c4ccccc4)n3)cc2)cc1. The van der Waals surface area contributed by atoms with Crippen LogP contribution in [0.25, 0.3) is 222 Å².